The average Bonchev–Trinajstić information content (AvgIpc) is 2.73. The molecular weight excluding hydrogens is 380 g/mol. The Labute approximate surface area is 179 Å². The molecule has 0 aromatic heterocycles. The van der Waals surface area contributed by atoms with Gasteiger partial charge in [0.1, 0.15) is 24.7 Å². The van der Waals surface area contributed by atoms with Gasteiger partial charge in [-0.05, 0) is 48.9 Å². The molecule has 6 heteroatoms. The van der Waals surface area contributed by atoms with Crippen molar-refractivity contribution < 1.29 is 19.4 Å². The number of benzene rings is 2. The van der Waals surface area contributed by atoms with E-state index in [0.717, 1.165) is 41.3 Å². The van der Waals surface area contributed by atoms with Crippen LogP contribution in [0.2, 0.25) is 0 Å². The molecule has 1 saturated heterocycles. The van der Waals surface area contributed by atoms with Crippen LogP contribution in [0.4, 0.5) is 0 Å². The van der Waals surface area contributed by atoms with Crippen molar-refractivity contribution in [2.45, 2.75) is 20.0 Å². The Kier molecular flexibility index (Phi) is 9.91. The molecule has 6 nitrogen and oxygen atoms in total. The Hall–Kier alpha value is -2.83. The van der Waals surface area contributed by atoms with Gasteiger partial charge in [-0.25, -0.2) is 0 Å². The van der Waals surface area contributed by atoms with Crippen LogP contribution in [0, 0.1) is 6.92 Å². The first-order valence-electron chi connectivity index (χ1n) is 10.1. The zero-order valence-corrected chi connectivity index (χ0v) is 17.9. The second-order valence-corrected chi connectivity index (χ2v) is 7.26. The SMILES string of the molecule is C=CCOc1ccc(COc2ccc(CC(=O)O)cc2C)cc1.CN1CCNCC1. The molecule has 1 fully saturated rings. The molecule has 0 aliphatic carbocycles. The molecule has 0 amide bonds. The first kappa shape index (κ1) is 23.4. The van der Waals surface area contributed by atoms with Crippen LogP contribution in [0.15, 0.2) is 55.1 Å². The van der Waals surface area contributed by atoms with E-state index in [0.29, 0.717) is 13.2 Å². The summed E-state index contributed by atoms with van der Waals surface area (Å²) in [5.41, 5.74) is 2.73. The van der Waals surface area contributed by atoms with Crippen LogP contribution in [0.3, 0.4) is 0 Å². The van der Waals surface area contributed by atoms with Gasteiger partial charge in [0.05, 0.1) is 6.42 Å². The molecule has 0 radical (unpaired) electrons. The van der Waals surface area contributed by atoms with E-state index in [9.17, 15) is 4.79 Å². The molecule has 2 aromatic rings. The van der Waals surface area contributed by atoms with Gasteiger partial charge in [-0.3, -0.25) is 4.79 Å². The number of hydrogen-bond acceptors (Lipinski definition) is 5. The summed E-state index contributed by atoms with van der Waals surface area (Å²) in [6, 6.07) is 13.1. The highest BCUT2D eigenvalue weighted by Gasteiger charge is 2.05. The Bertz CT molecular complexity index is 799. The number of carboxylic acid groups (broad SMARTS) is 1. The Balaban J connectivity index is 0.000000386. The van der Waals surface area contributed by atoms with Gasteiger partial charge in [-0.1, -0.05) is 36.9 Å². The summed E-state index contributed by atoms with van der Waals surface area (Å²) in [7, 11) is 2.15. The maximum Gasteiger partial charge on any atom is 0.307 e. The molecule has 2 aromatic carbocycles. The highest BCUT2D eigenvalue weighted by atomic mass is 16.5. The molecule has 2 N–H and O–H groups in total. The molecule has 162 valence electrons. The molecule has 0 saturated carbocycles. The number of aryl methyl sites for hydroxylation is 1. The van der Waals surface area contributed by atoms with Gasteiger partial charge in [0, 0.05) is 26.2 Å². The molecule has 1 aliphatic heterocycles. The van der Waals surface area contributed by atoms with Crippen molar-refractivity contribution in [3.8, 4) is 11.5 Å². The second-order valence-electron chi connectivity index (χ2n) is 7.26. The molecule has 3 rings (SSSR count). The monoisotopic (exact) mass is 412 g/mol. The average molecular weight is 413 g/mol. The van der Waals surface area contributed by atoms with E-state index in [1.165, 1.54) is 13.1 Å². The maximum atomic E-state index is 10.7. The van der Waals surface area contributed by atoms with Gasteiger partial charge in [0.25, 0.3) is 0 Å². The number of rotatable bonds is 8. The molecule has 0 atom stereocenters. The standard InChI is InChI=1S/C19H20O4.C5H12N2/c1-3-10-22-17-7-4-15(5-8-17)13-23-18-9-6-16(11-14(18)2)12-19(20)21;1-7-4-2-6-3-5-7/h3-9,11H,1,10,12-13H2,2H3,(H,20,21);6H,2-5H2,1H3. The Morgan fingerprint density at radius 1 is 1.13 bits per heavy atom. The highest BCUT2D eigenvalue weighted by Crippen LogP contribution is 2.21. The van der Waals surface area contributed by atoms with Crippen LogP contribution >= 0.6 is 0 Å². The van der Waals surface area contributed by atoms with E-state index in [1.54, 1.807) is 12.1 Å². The van der Waals surface area contributed by atoms with Gasteiger partial charge < -0.3 is 24.8 Å². The summed E-state index contributed by atoms with van der Waals surface area (Å²) < 4.78 is 11.2. The topological polar surface area (TPSA) is 71.0 Å². The number of nitrogens with zero attached hydrogens (tertiary/aromatic N) is 1. The number of carboxylic acids is 1. The van der Waals surface area contributed by atoms with Gasteiger partial charge in [0.2, 0.25) is 0 Å². The number of hydrogen-bond donors (Lipinski definition) is 2. The van der Waals surface area contributed by atoms with Crippen LogP contribution in [0.1, 0.15) is 16.7 Å². The minimum atomic E-state index is -0.836. The van der Waals surface area contributed by atoms with Crippen LogP contribution in [-0.4, -0.2) is 55.8 Å². The van der Waals surface area contributed by atoms with Crippen molar-refractivity contribution in [1.82, 2.24) is 10.2 Å². The van der Waals surface area contributed by atoms with E-state index in [4.69, 9.17) is 14.6 Å². The first-order valence-corrected chi connectivity index (χ1v) is 10.1. The lowest BCUT2D eigenvalue weighted by atomic mass is 10.1. The summed E-state index contributed by atoms with van der Waals surface area (Å²) in [4.78, 5) is 13.1. The summed E-state index contributed by atoms with van der Waals surface area (Å²) in [6.45, 7) is 11.2. The van der Waals surface area contributed by atoms with Crippen LogP contribution < -0.4 is 14.8 Å². The second kappa shape index (κ2) is 12.7. The zero-order valence-electron chi connectivity index (χ0n) is 17.9. The number of aliphatic carboxylic acids is 1. The van der Waals surface area contributed by atoms with Crippen molar-refractivity contribution in [3.63, 3.8) is 0 Å². The van der Waals surface area contributed by atoms with Crippen molar-refractivity contribution in [2.75, 3.05) is 39.8 Å². The van der Waals surface area contributed by atoms with E-state index >= 15 is 0 Å². The van der Waals surface area contributed by atoms with Crippen molar-refractivity contribution in [1.29, 1.82) is 0 Å². The first-order chi connectivity index (χ1) is 14.5. The quantitative estimate of drug-likeness (QED) is 0.649. The molecule has 0 bridgehead atoms. The van der Waals surface area contributed by atoms with Crippen molar-refractivity contribution in [3.05, 3.63) is 71.8 Å². The van der Waals surface area contributed by atoms with Crippen molar-refractivity contribution in [2.24, 2.45) is 0 Å². The van der Waals surface area contributed by atoms with Crippen LogP contribution in [0.5, 0.6) is 11.5 Å². The number of nitrogens with one attached hydrogen (secondary N) is 1. The van der Waals surface area contributed by atoms with Gasteiger partial charge >= 0.3 is 5.97 Å². The lowest BCUT2D eigenvalue weighted by Crippen LogP contribution is -2.40. The molecule has 0 spiro atoms. The Morgan fingerprint density at radius 2 is 1.80 bits per heavy atom. The molecule has 1 aliphatic rings. The van der Waals surface area contributed by atoms with Crippen molar-refractivity contribution >= 4 is 5.97 Å². The lowest BCUT2D eigenvalue weighted by molar-refractivity contribution is -0.136. The third-order valence-corrected chi connectivity index (χ3v) is 4.62. The zero-order chi connectivity index (χ0) is 21.8. The number of likely N-dealkylation sites (N-methyl/N-ethyl adjacent to an activating group) is 1. The molecule has 1 heterocycles. The largest absolute Gasteiger partial charge is 0.490 e. The van der Waals surface area contributed by atoms with Gasteiger partial charge in [-0.2, -0.15) is 0 Å². The van der Waals surface area contributed by atoms with E-state index < -0.39 is 5.97 Å². The third-order valence-electron chi connectivity index (χ3n) is 4.62. The predicted molar refractivity (Wildman–Crippen MR) is 119 cm³/mol. The minimum Gasteiger partial charge on any atom is -0.490 e. The van der Waals surface area contributed by atoms with Gasteiger partial charge in [-0.15, -0.1) is 0 Å². The minimum absolute atomic E-state index is 0.0211. The number of piperazine rings is 1. The molecular formula is C24H32N2O4. The highest BCUT2D eigenvalue weighted by molar-refractivity contribution is 5.70. The van der Waals surface area contributed by atoms with E-state index in [-0.39, 0.29) is 6.42 Å². The van der Waals surface area contributed by atoms with Gasteiger partial charge in [0.15, 0.2) is 0 Å². The fraction of sp³-hybridized carbons (Fsp3) is 0.375. The fourth-order valence-corrected chi connectivity index (χ4v) is 2.93. The lowest BCUT2D eigenvalue weighted by Gasteiger charge is -2.21. The normalized spacial score (nSPS) is 13.7. The fourth-order valence-electron chi connectivity index (χ4n) is 2.93. The number of carbonyl (C=O) groups is 1. The van der Waals surface area contributed by atoms with Crippen LogP contribution in [0.25, 0.3) is 0 Å². The number of ether oxygens (including phenoxy) is 2. The summed E-state index contributed by atoms with van der Waals surface area (Å²) >= 11 is 0. The summed E-state index contributed by atoms with van der Waals surface area (Å²) in [5, 5.41) is 12.1. The Morgan fingerprint density at radius 3 is 2.33 bits per heavy atom. The summed E-state index contributed by atoms with van der Waals surface area (Å²) in [5.74, 6) is 0.714. The molecule has 30 heavy (non-hydrogen) atoms. The van der Waals surface area contributed by atoms with E-state index in [2.05, 4.69) is 23.8 Å². The smallest absolute Gasteiger partial charge is 0.307 e. The molecule has 0 unspecified atom stereocenters. The third kappa shape index (κ3) is 8.68. The van der Waals surface area contributed by atoms with Crippen LogP contribution in [-0.2, 0) is 17.8 Å². The van der Waals surface area contributed by atoms with E-state index in [1.807, 2.05) is 43.3 Å². The maximum absolute atomic E-state index is 10.7. The predicted octanol–water partition coefficient (Wildman–Crippen LogP) is 3.29. The summed E-state index contributed by atoms with van der Waals surface area (Å²) in [6.07, 6.45) is 1.72.